The molecule has 0 saturated carbocycles. The van der Waals surface area contributed by atoms with Gasteiger partial charge in [0.2, 0.25) is 11.8 Å². The molecule has 1 atom stereocenters. The molecule has 2 heterocycles. The Morgan fingerprint density at radius 1 is 1.31 bits per heavy atom. The number of hydrogen-bond donors (Lipinski definition) is 0. The number of benzene rings is 1. The lowest BCUT2D eigenvalue weighted by molar-refractivity contribution is -0.129. The molecule has 0 unspecified atom stereocenters. The van der Waals surface area contributed by atoms with Crippen LogP contribution < -0.4 is 4.74 Å². The van der Waals surface area contributed by atoms with Crippen molar-refractivity contribution in [3.8, 4) is 5.88 Å². The molecule has 0 aliphatic carbocycles. The third-order valence-electron chi connectivity index (χ3n) is 4.19. The summed E-state index contributed by atoms with van der Waals surface area (Å²) < 4.78 is 5.89. The summed E-state index contributed by atoms with van der Waals surface area (Å²) in [4.78, 5) is 24.0. The van der Waals surface area contributed by atoms with E-state index in [4.69, 9.17) is 4.74 Å². The zero-order chi connectivity index (χ0) is 18.5. The van der Waals surface area contributed by atoms with Crippen molar-refractivity contribution in [1.82, 2.24) is 14.9 Å². The molecule has 1 saturated heterocycles. The van der Waals surface area contributed by atoms with E-state index in [1.54, 1.807) is 12.3 Å². The van der Waals surface area contributed by atoms with Gasteiger partial charge in [0, 0.05) is 35.4 Å². The second-order valence-electron chi connectivity index (χ2n) is 6.80. The van der Waals surface area contributed by atoms with Gasteiger partial charge in [-0.2, -0.15) is 4.98 Å². The molecule has 0 bridgehead atoms. The van der Waals surface area contributed by atoms with Crippen LogP contribution in [0.15, 0.2) is 41.4 Å². The number of aryl methyl sites for hydroxylation is 1. The molecular formula is C20H25N3O2S. The Hall–Kier alpha value is -2.08. The average Bonchev–Trinajstić information content (AvgIpc) is 3.05. The van der Waals surface area contributed by atoms with Crippen LogP contribution in [-0.2, 0) is 11.2 Å². The highest BCUT2D eigenvalue weighted by Crippen LogP contribution is 2.23. The van der Waals surface area contributed by atoms with Gasteiger partial charge in [-0.3, -0.25) is 4.79 Å². The highest BCUT2D eigenvalue weighted by Gasteiger charge is 2.27. The molecule has 26 heavy (non-hydrogen) atoms. The summed E-state index contributed by atoms with van der Waals surface area (Å²) in [7, 11) is 0. The van der Waals surface area contributed by atoms with Crippen molar-refractivity contribution in [2.75, 3.05) is 13.1 Å². The van der Waals surface area contributed by atoms with Gasteiger partial charge in [-0.25, -0.2) is 4.98 Å². The van der Waals surface area contributed by atoms with Crippen LogP contribution in [0.2, 0.25) is 0 Å². The minimum atomic E-state index is -0.00179. The highest BCUT2D eigenvalue weighted by molar-refractivity contribution is 7.99. The predicted octanol–water partition coefficient (Wildman–Crippen LogP) is 3.51. The molecule has 1 aromatic carbocycles. The van der Waals surface area contributed by atoms with Crippen molar-refractivity contribution < 1.29 is 9.53 Å². The standard InChI is InChI=1S/C20H25N3O2S/c1-14(2)26-18-6-4-16(5-7-18)12-20(24)23-11-9-17(13-23)25-19-8-10-21-15(3)22-19/h4-8,10,14,17H,9,11-13H2,1-3H3/t17-/m0/s1. The summed E-state index contributed by atoms with van der Waals surface area (Å²) in [5, 5.41) is 0.558. The SMILES string of the molecule is Cc1nccc(O[C@H]2CCN(C(=O)Cc3ccc(SC(C)C)cc3)C2)n1. The molecule has 0 radical (unpaired) electrons. The number of nitrogens with zero attached hydrogens (tertiary/aromatic N) is 3. The Labute approximate surface area is 159 Å². The van der Waals surface area contributed by atoms with Gasteiger partial charge in [-0.05, 0) is 24.6 Å². The Morgan fingerprint density at radius 2 is 2.08 bits per heavy atom. The van der Waals surface area contributed by atoms with Crippen LogP contribution in [0.3, 0.4) is 0 Å². The van der Waals surface area contributed by atoms with Crippen molar-refractivity contribution in [3.63, 3.8) is 0 Å². The number of amides is 1. The third-order valence-corrected chi connectivity index (χ3v) is 5.20. The predicted molar refractivity (Wildman–Crippen MR) is 104 cm³/mol. The maximum absolute atomic E-state index is 12.6. The minimum Gasteiger partial charge on any atom is -0.472 e. The number of ether oxygens (including phenoxy) is 1. The first-order valence-corrected chi connectivity index (χ1v) is 9.87. The van der Waals surface area contributed by atoms with Crippen molar-refractivity contribution >= 4 is 17.7 Å². The van der Waals surface area contributed by atoms with Crippen LogP contribution >= 0.6 is 11.8 Å². The van der Waals surface area contributed by atoms with Gasteiger partial charge in [0.25, 0.3) is 0 Å². The maximum Gasteiger partial charge on any atom is 0.227 e. The molecule has 2 aromatic rings. The molecule has 0 spiro atoms. The summed E-state index contributed by atoms with van der Waals surface area (Å²) in [6, 6.07) is 10.1. The summed E-state index contributed by atoms with van der Waals surface area (Å²) in [5.74, 6) is 1.42. The first-order chi connectivity index (χ1) is 12.5. The smallest absolute Gasteiger partial charge is 0.227 e. The van der Waals surface area contributed by atoms with Crippen molar-refractivity contribution in [2.45, 2.75) is 49.9 Å². The molecule has 1 aliphatic rings. The molecule has 138 valence electrons. The molecule has 1 aliphatic heterocycles. The van der Waals surface area contributed by atoms with E-state index in [-0.39, 0.29) is 12.0 Å². The fourth-order valence-electron chi connectivity index (χ4n) is 2.97. The van der Waals surface area contributed by atoms with Gasteiger partial charge in [0.15, 0.2) is 0 Å². The van der Waals surface area contributed by atoms with Crippen LogP contribution in [0.4, 0.5) is 0 Å². The first kappa shape index (κ1) is 18.7. The van der Waals surface area contributed by atoms with Crippen LogP contribution in [0.1, 0.15) is 31.7 Å². The quantitative estimate of drug-likeness (QED) is 0.728. The fraction of sp³-hybridized carbons (Fsp3) is 0.450. The largest absolute Gasteiger partial charge is 0.472 e. The fourth-order valence-corrected chi connectivity index (χ4v) is 3.80. The van der Waals surface area contributed by atoms with E-state index >= 15 is 0 Å². The molecule has 6 heteroatoms. The van der Waals surface area contributed by atoms with E-state index in [2.05, 4.69) is 48.1 Å². The van der Waals surface area contributed by atoms with Crippen molar-refractivity contribution in [3.05, 3.63) is 47.9 Å². The Balaban J connectivity index is 1.51. The van der Waals surface area contributed by atoms with Gasteiger partial charge in [-0.1, -0.05) is 26.0 Å². The van der Waals surface area contributed by atoms with Gasteiger partial charge >= 0.3 is 0 Å². The minimum absolute atomic E-state index is 0.00179. The molecule has 1 aromatic heterocycles. The topological polar surface area (TPSA) is 55.3 Å². The van der Waals surface area contributed by atoms with E-state index in [9.17, 15) is 4.79 Å². The summed E-state index contributed by atoms with van der Waals surface area (Å²) >= 11 is 1.83. The summed E-state index contributed by atoms with van der Waals surface area (Å²) in [6.07, 6.45) is 2.96. The number of rotatable bonds is 6. The number of carbonyl (C=O) groups is 1. The van der Waals surface area contributed by atoms with Gasteiger partial charge in [-0.15, -0.1) is 11.8 Å². The van der Waals surface area contributed by atoms with E-state index in [1.165, 1.54) is 4.90 Å². The van der Waals surface area contributed by atoms with E-state index in [0.717, 1.165) is 18.5 Å². The van der Waals surface area contributed by atoms with Gasteiger partial charge in [0.05, 0.1) is 13.0 Å². The van der Waals surface area contributed by atoms with Crippen LogP contribution in [0.25, 0.3) is 0 Å². The molecule has 1 amide bonds. The molecule has 1 fully saturated rings. The number of aromatic nitrogens is 2. The lowest BCUT2D eigenvalue weighted by atomic mass is 10.1. The second-order valence-corrected chi connectivity index (χ2v) is 8.45. The second kappa shape index (κ2) is 8.54. The highest BCUT2D eigenvalue weighted by atomic mass is 32.2. The third kappa shape index (κ3) is 5.21. The van der Waals surface area contributed by atoms with Crippen LogP contribution in [0.5, 0.6) is 5.88 Å². The lowest BCUT2D eigenvalue weighted by Crippen LogP contribution is -2.32. The van der Waals surface area contributed by atoms with E-state index < -0.39 is 0 Å². The van der Waals surface area contributed by atoms with Gasteiger partial charge in [0.1, 0.15) is 11.9 Å². The Bertz CT molecular complexity index is 749. The maximum atomic E-state index is 12.6. The van der Waals surface area contributed by atoms with E-state index in [0.29, 0.717) is 29.9 Å². The van der Waals surface area contributed by atoms with Gasteiger partial charge < -0.3 is 9.64 Å². The zero-order valence-electron chi connectivity index (χ0n) is 15.5. The molecular weight excluding hydrogens is 346 g/mol. The molecule has 3 rings (SSSR count). The first-order valence-electron chi connectivity index (χ1n) is 8.99. The monoisotopic (exact) mass is 371 g/mol. The molecule has 5 nitrogen and oxygen atoms in total. The van der Waals surface area contributed by atoms with Crippen molar-refractivity contribution in [2.24, 2.45) is 0 Å². The Morgan fingerprint density at radius 3 is 2.77 bits per heavy atom. The summed E-state index contributed by atoms with van der Waals surface area (Å²) in [6.45, 7) is 7.54. The number of hydrogen-bond acceptors (Lipinski definition) is 5. The normalized spacial score (nSPS) is 16.9. The zero-order valence-corrected chi connectivity index (χ0v) is 16.3. The molecule has 0 N–H and O–H groups in total. The lowest BCUT2D eigenvalue weighted by Gasteiger charge is -2.17. The number of carbonyl (C=O) groups excluding carboxylic acids is 1. The van der Waals surface area contributed by atoms with Crippen molar-refractivity contribution in [1.29, 1.82) is 0 Å². The van der Waals surface area contributed by atoms with Crippen LogP contribution in [-0.4, -0.2) is 45.2 Å². The van der Waals surface area contributed by atoms with E-state index in [1.807, 2.05) is 23.6 Å². The van der Waals surface area contributed by atoms with Crippen LogP contribution in [0, 0.1) is 6.92 Å². The Kier molecular flexibility index (Phi) is 6.14. The number of likely N-dealkylation sites (tertiary alicyclic amines) is 1. The summed E-state index contributed by atoms with van der Waals surface area (Å²) in [5.41, 5.74) is 1.05. The average molecular weight is 372 g/mol. The number of thioether (sulfide) groups is 1.